The van der Waals surface area contributed by atoms with Gasteiger partial charge in [-0.25, -0.2) is 4.98 Å². The lowest BCUT2D eigenvalue weighted by atomic mass is 10.1. The van der Waals surface area contributed by atoms with Gasteiger partial charge in [-0.1, -0.05) is 29.8 Å². The molecule has 2 fully saturated rings. The van der Waals surface area contributed by atoms with Crippen LogP contribution in [0.15, 0.2) is 37.1 Å². The molecule has 0 bridgehead atoms. The third-order valence-electron chi connectivity index (χ3n) is 7.43. The molecule has 0 saturated carbocycles. The van der Waals surface area contributed by atoms with Gasteiger partial charge in [0.2, 0.25) is 5.91 Å². The van der Waals surface area contributed by atoms with E-state index in [0.717, 1.165) is 17.4 Å². The molecule has 4 aromatic rings. The summed E-state index contributed by atoms with van der Waals surface area (Å²) in [4.78, 5) is 32.6. The number of methoxy groups -OCH3 is 1. The number of amides is 1. The van der Waals surface area contributed by atoms with Crippen molar-refractivity contribution >= 4 is 56.9 Å². The number of ether oxygens (including phenoxy) is 2. The summed E-state index contributed by atoms with van der Waals surface area (Å²) < 4.78 is 12.0. The van der Waals surface area contributed by atoms with Crippen LogP contribution in [-0.2, 0) is 9.53 Å². The number of fused-ring (bicyclic) bond motifs is 2. The fraction of sp³-hybridized carbons (Fsp3) is 0.370. The van der Waals surface area contributed by atoms with Crippen molar-refractivity contribution in [1.82, 2.24) is 34.9 Å². The van der Waals surface area contributed by atoms with Crippen molar-refractivity contribution in [3.63, 3.8) is 0 Å². The molecule has 0 aliphatic carbocycles. The maximum Gasteiger partial charge on any atom is 0.320 e. The molecule has 1 amide bonds. The highest BCUT2D eigenvalue weighted by atomic mass is 35.5. The van der Waals surface area contributed by atoms with Gasteiger partial charge in [-0.05, 0) is 31.3 Å². The number of anilines is 1. The van der Waals surface area contributed by atoms with Crippen LogP contribution in [0.1, 0.15) is 0 Å². The number of H-pyrrole nitrogens is 1. The molecule has 1 aromatic carbocycles. The summed E-state index contributed by atoms with van der Waals surface area (Å²) in [6.45, 7) is 7.22. The summed E-state index contributed by atoms with van der Waals surface area (Å²) in [5.41, 5.74) is 2.38. The van der Waals surface area contributed by atoms with Crippen LogP contribution in [0.3, 0.4) is 0 Å². The molecule has 2 aliphatic rings. The number of aromatic nitrogens is 5. The minimum atomic E-state index is -0.247. The molecule has 2 saturated heterocycles. The Bertz CT molecular complexity index is 1600. The molecule has 2 atom stereocenters. The van der Waals surface area contributed by atoms with Gasteiger partial charge in [0.1, 0.15) is 18.0 Å². The Labute approximate surface area is 240 Å². The van der Waals surface area contributed by atoms with Crippen molar-refractivity contribution in [1.29, 1.82) is 0 Å². The van der Waals surface area contributed by atoms with Gasteiger partial charge < -0.3 is 19.3 Å². The molecule has 0 unspecified atom stereocenters. The Morgan fingerprint density at radius 1 is 1.07 bits per heavy atom. The van der Waals surface area contributed by atoms with Gasteiger partial charge in [-0.2, -0.15) is 15.1 Å². The van der Waals surface area contributed by atoms with E-state index in [-0.39, 0.29) is 24.1 Å². The van der Waals surface area contributed by atoms with Crippen LogP contribution in [0, 0.1) is 0 Å². The number of nitrogens with zero attached hydrogens (tertiary/aromatic N) is 7. The number of halogens is 2. The molecule has 6 rings (SSSR count). The van der Waals surface area contributed by atoms with Gasteiger partial charge in [0.05, 0.1) is 32.8 Å². The first-order valence-corrected chi connectivity index (χ1v) is 13.7. The average Bonchev–Trinajstić information content (AvgIpc) is 3.58. The fourth-order valence-electron chi connectivity index (χ4n) is 5.36. The summed E-state index contributed by atoms with van der Waals surface area (Å²) >= 11 is 13.5. The molecule has 1 N–H and O–H groups in total. The van der Waals surface area contributed by atoms with Crippen molar-refractivity contribution in [2.45, 2.75) is 12.2 Å². The first-order chi connectivity index (χ1) is 19.4. The van der Waals surface area contributed by atoms with Crippen LogP contribution < -0.4 is 9.64 Å². The van der Waals surface area contributed by atoms with Crippen molar-refractivity contribution in [3.05, 3.63) is 47.1 Å². The topological polar surface area (TPSA) is 113 Å². The summed E-state index contributed by atoms with van der Waals surface area (Å²) in [7, 11) is 3.69. The van der Waals surface area contributed by atoms with E-state index in [2.05, 4.69) is 26.6 Å². The molecule has 40 heavy (non-hydrogen) atoms. The van der Waals surface area contributed by atoms with Crippen molar-refractivity contribution in [2.75, 3.05) is 58.3 Å². The number of nitrogens with one attached hydrogen (secondary N) is 1. The van der Waals surface area contributed by atoms with Gasteiger partial charge in [0.25, 0.3) is 0 Å². The largest absolute Gasteiger partial charge is 0.456 e. The van der Waals surface area contributed by atoms with Crippen LogP contribution in [0.25, 0.3) is 33.2 Å². The van der Waals surface area contributed by atoms with E-state index in [4.69, 9.17) is 47.6 Å². The highest BCUT2D eigenvalue weighted by Gasteiger charge is 2.34. The summed E-state index contributed by atoms with van der Waals surface area (Å²) in [6, 6.07) is 5.65. The number of piperazine rings is 1. The molecular formula is C27H28Cl2N8O3. The van der Waals surface area contributed by atoms with Crippen molar-refractivity contribution in [3.8, 4) is 17.3 Å². The van der Waals surface area contributed by atoms with E-state index in [0.29, 0.717) is 70.9 Å². The predicted octanol–water partition coefficient (Wildman–Crippen LogP) is 3.42. The Balaban J connectivity index is 1.46. The summed E-state index contributed by atoms with van der Waals surface area (Å²) in [6.07, 6.45) is 2.67. The number of likely N-dealkylation sites (N-methyl/N-ethyl adjacent to an activating group) is 1. The third-order valence-corrected chi connectivity index (χ3v) is 8.04. The molecule has 13 heteroatoms. The molecule has 0 spiro atoms. The lowest BCUT2D eigenvalue weighted by molar-refractivity contribution is -0.126. The van der Waals surface area contributed by atoms with Gasteiger partial charge in [-0.15, -0.1) is 0 Å². The van der Waals surface area contributed by atoms with E-state index in [9.17, 15) is 4.79 Å². The highest BCUT2D eigenvalue weighted by Crippen LogP contribution is 2.40. The minimum absolute atomic E-state index is 0.0909. The van der Waals surface area contributed by atoms with E-state index >= 15 is 0 Å². The lowest BCUT2D eigenvalue weighted by Crippen LogP contribution is -2.48. The number of likely N-dealkylation sites (tertiary alicyclic amines) is 1. The maximum absolute atomic E-state index is 12.2. The van der Waals surface area contributed by atoms with Gasteiger partial charge in [-0.3, -0.25) is 14.8 Å². The molecule has 3 aromatic heterocycles. The average molecular weight is 583 g/mol. The molecule has 5 heterocycles. The predicted molar refractivity (Wildman–Crippen MR) is 154 cm³/mol. The number of benzene rings is 1. The number of hydrogen-bond donors (Lipinski definition) is 1. The van der Waals surface area contributed by atoms with Crippen LogP contribution in [0.4, 0.5) is 5.82 Å². The number of carbonyl (C=O) groups excluding carboxylic acids is 1. The first kappa shape index (κ1) is 26.7. The zero-order valence-corrected chi connectivity index (χ0v) is 23.6. The Hall–Kier alpha value is -3.51. The van der Waals surface area contributed by atoms with E-state index < -0.39 is 0 Å². The summed E-state index contributed by atoms with van der Waals surface area (Å²) in [5, 5.41) is 9.49. The zero-order valence-electron chi connectivity index (χ0n) is 22.1. The van der Waals surface area contributed by atoms with E-state index in [1.807, 2.05) is 19.2 Å². The second-order valence-corrected chi connectivity index (χ2v) is 10.8. The molecular weight excluding hydrogens is 555 g/mol. The number of rotatable bonds is 6. The number of aromatic amines is 1. The molecule has 208 valence electrons. The minimum Gasteiger partial charge on any atom is -0.456 e. The smallest absolute Gasteiger partial charge is 0.320 e. The first-order valence-electron chi connectivity index (χ1n) is 12.9. The van der Waals surface area contributed by atoms with Crippen molar-refractivity contribution < 1.29 is 14.3 Å². The van der Waals surface area contributed by atoms with Crippen LogP contribution in [0.5, 0.6) is 6.01 Å². The van der Waals surface area contributed by atoms with Crippen molar-refractivity contribution in [2.24, 2.45) is 0 Å². The summed E-state index contributed by atoms with van der Waals surface area (Å²) in [5.74, 6) is 0.548. The molecule has 0 radical (unpaired) electrons. The number of carbonyl (C=O) groups is 1. The zero-order chi connectivity index (χ0) is 28.0. The Kier molecular flexibility index (Phi) is 7.22. The van der Waals surface area contributed by atoms with Gasteiger partial charge in [0, 0.05) is 57.3 Å². The fourth-order valence-corrected chi connectivity index (χ4v) is 5.86. The van der Waals surface area contributed by atoms with Gasteiger partial charge >= 0.3 is 6.01 Å². The highest BCUT2D eigenvalue weighted by molar-refractivity contribution is 6.38. The maximum atomic E-state index is 12.2. The SMILES string of the molecule is C=CC(=O)N1CCN(c2nc(O[C@@H]3CN(C)C[C@H]3OC)nc3nc(-c4c(Cl)ccc5[nH]ncc45)c(Cl)cc23)CC1. The molecule has 11 nitrogen and oxygen atoms in total. The normalized spacial score (nSPS) is 20.0. The van der Waals surface area contributed by atoms with Crippen LogP contribution >= 0.6 is 23.2 Å². The van der Waals surface area contributed by atoms with Gasteiger partial charge in [0.15, 0.2) is 5.65 Å². The van der Waals surface area contributed by atoms with Crippen LogP contribution in [0.2, 0.25) is 10.0 Å². The second-order valence-electron chi connectivity index (χ2n) is 9.94. The molecule has 2 aliphatic heterocycles. The Morgan fingerprint density at radius 3 is 2.60 bits per heavy atom. The standard InChI is InChI=1S/C27H28Cl2N8O3/c1-4-22(38)36-7-9-37(10-8-36)26-15-11-18(29)24(23-16-12-30-34-19(16)6-5-17(23)28)31-25(15)32-27(33-26)40-21-14-35(2)13-20(21)39-3/h4-6,11-12,20-21H,1,7-10,13-14H2,2-3H3,(H,30,34)/t20-,21-/m1/s1. The van der Waals surface area contributed by atoms with E-state index in [1.165, 1.54) is 6.08 Å². The monoisotopic (exact) mass is 582 g/mol. The third kappa shape index (κ3) is 4.83. The second kappa shape index (κ2) is 10.8. The number of pyridine rings is 1. The Morgan fingerprint density at radius 2 is 1.85 bits per heavy atom. The van der Waals surface area contributed by atoms with Crippen LogP contribution in [-0.4, -0.2) is 106 Å². The number of hydrogen-bond acceptors (Lipinski definition) is 9. The lowest BCUT2D eigenvalue weighted by Gasteiger charge is -2.35. The van der Waals surface area contributed by atoms with E-state index in [1.54, 1.807) is 24.3 Å². The quantitative estimate of drug-likeness (QED) is 0.341.